The first kappa shape index (κ1) is 41.5. The number of hydrogen-bond donors (Lipinski definition) is 1. The Morgan fingerprint density at radius 1 is 0.660 bits per heavy atom. The lowest BCUT2D eigenvalue weighted by Crippen LogP contribution is -2.21. The minimum absolute atomic E-state index is 0. The highest BCUT2D eigenvalue weighted by molar-refractivity contribution is 5.96. The molecule has 4 aromatic carbocycles. The molecule has 0 spiro atoms. The van der Waals surface area contributed by atoms with Gasteiger partial charge in [0.1, 0.15) is 11.5 Å². The standard InChI is InChI=1S/C17H16N2O5.C9H11NO2.C8H6FNO3.CH4/c1-11(20)12-7-8-15(19(22)23)16(10-12)24-14-6-4-5-13(9-14)17(21)18(2)3;1-10(2)9(12)7-4-3-5-8(11)6-7;1-5(11)6-2-3-8(10(12)13)7(9)4-6;/h4-10H,1-3H3;3-6,11H,1-2H3;2-4H,1H3;1H4. The number of carbonyl (C=O) groups excluding carboxylic acids is 4. The maximum Gasteiger partial charge on any atom is 0.311 e. The van der Waals surface area contributed by atoms with E-state index in [4.69, 9.17) is 9.84 Å². The largest absolute Gasteiger partial charge is 0.508 e. The second-order valence-electron chi connectivity index (χ2n) is 10.6. The van der Waals surface area contributed by atoms with E-state index in [1.165, 1.54) is 66.1 Å². The number of halogens is 1. The van der Waals surface area contributed by atoms with Gasteiger partial charge in [0.05, 0.1) is 9.85 Å². The first-order valence-electron chi connectivity index (χ1n) is 14.2. The average molecular weight is 693 g/mol. The molecular weight excluding hydrogens is 655 g/mol. The van der Waals surface area contributed by atoms with Crippen molar-refractivity contribution in [2.45, 2.75) is 21.3 Å². The van der Waals surface area contributed by atoms with E-state index >= 15 is 0 Å². The van der Waals surface area contributed by atoms with Gasteiger partial charge >= 0.3 is 11.4 Å². The minimum Gasteiger partial charge on any atom is -0.508 e. The Labute approximate surface area is 287 Å². The summed E-state index contributed by atoms with van der Waals surface area (Å²) in [5, 5.41) is 30.4. The number of benzene rings is 4. The maximum atomic E-state index is 12.9. The van der Waals surface area contributed by atoms with Crippen molar-refractivity contribution in [2.24, 2.45) is 0 Å². The molecule has 4 aromatic rings. The number of ether oxygens (including phenoxy) is 1. The molecule has 0 saturated carbocycles. The molecule has 14 nitrogen and oxygen atoms in total. The lowest BCUT2D eigenvalue weighted by molar-refractivity contribution is -0.387. The first-order valence-corrected chi connectivity index (χ1v) is 14.2. The fourth-order valence-corrected chi connectivity index (χ4v) is 3.81. The van der Waals surface area contributed by atoms with Crippen LogP contribution in [0.2, 0.25) is 0 Å². The average Bonchev–Trinajstić information content (AvgIpc) is 3.04. The van der Waals surface area contributed by atoms with E-state index in [0.717, 1.165) is 12.1 Å². The van der Waals surface area contributed by atoms with E-state index < -0.39 is 21.4 Å². The van der Waals surface area contributed by atoms with Gasteiger partial charge in [-0.3, -0.25) is 39.4 Å². The van der Waals surface area contributed by atoms with Gasteiger partial charge in [0.25, 0.3) is 11.8 Å². The quantitative estimate of drug-likeness (QED) is 0.115. The lowest BCUT2D eigenvalue weighted by atomic mass is 10.1. The van der Waals surface area contributed by atoms with E-state index in [0.29, 0.717) is 16.7 Å². The van der Waals surface area contributed by atoms with Crippen LogP contribution in [0.4, 0.5) is 15.8 Å². The van der Waals surface area contributed by atoms with E-state index in [1.807, 2.05) is 0 Å². The number of carbonyl (C=O) groups is 4. The van der Waals surface area contributed by atoms with Crippen molar-refractivity contribution >= 4 is 34.8 Å². The third-order valence-corrected chi connectivity index (χ3v) is 6.33. The predicted octanol–water partition coefficient (Wildman–Crippen LogP) is 6.96. The fourth-order valence-electron chi connectivity index (χ4n) is 3.81. The predicted molar refractivity (Wildman–Crippen MR) is 184 cm³/mol. The minimum atomic E-state index is -0.988. The number of rotatable bonds is 8. The number of aromatic hydroxyl groups is 1. The van der Waals surface area contributed by atoms with Crippen LogP contribution in [0.1, 0.15) is 62.7 Å². The van der Waals surface area contributed by atoms with Gasteiger partial charge in [-0.05, 0) is 74.5 Å². The monoisotopic (exact) mass is 692 g/mol. The van der Waals surface area contributed by atoms with Crippen LogP contribution in [0, 0.1) is 26.0 Å². The Morgan fingerprint density at radius 2 is 1.12 bits per heavy atom. The summed E-state index contributed by atoms with van der Waals surface area (Å²) in [5.74, 6) is -1.53. The summed E-state index contributed by atoms with van der Waals surface area (Å²) < 4.78 is 18.4. The summed E-state index contributed by atoms with van der Waals surface area (Å²) in [6.07, 6.45) is 0. The molecular formula is C35H37FN4O10. The highest BCUT2D eigenvalue weighted by atomic mass is 19.1. The molecule has 0 aromatic heterocycles. The van der Waals surface area contributed by atoms with Crippen LogP contribution >= 0.6 is 0 Å². The maximum absolute atomic E-state index is 12.9. The van der Waals surface area contributed by atoms with Crippen molar-refractivity contribution in [3.8, 4) is 17.2 Å². The molecule has 0 atom stereocenters. The number of nitro groups is 2. The number of hydrogen-bond acceptors (Lipinski definition) is 10. The van der Waals surface area contributed by atoms with Crippen molar-refractivity contribution in [2.75, 3.05) is 28.2 Å². The number of Topliss-reactive ketones (excluding diaryl/α,β-unsaturated/α-hetero) is 2. The van der Waals surface area contributed by atoms with Crippen LogP contribution in [0.25, 0.3) is 0 Å². The zero-order chi connectivity index (χ0) is 37.0. The molecule has 4 rings (SSSR count). The van der Waals surface area contributed by atoms with Crippen LogP contribution in [0.3, 0.4) is 0 Å². The molecule has 1 N–H and O–H groups in total. The van der Waals surface area contributed by atoms with Gasteiger partial charge in [0.15, 0.2) is 11.6 Å². The Hall–Kier alpha value is -6.51. The van der Waals surface area contributed by atoms with Crippen molar-refractivity contribution < 1.29 is 43.3 Å². The molecule has 0 aliphatic heterocycles. The number of nitrogens with zero attached hydrogens (tertiary/aromatic N) is 4. The molecule has 264 valence electrons. The lowest BCUT2D eigenvalue weighted by Gasteiger charge is -2.12. The van der Waals surface area contributed by atoms with Gasteiger partial charge in [0.2, 0.25) is 11.6 Å². The summed E-state index contributed by atoms with van der Waals surface area (Å²) in [7, 11) is 6.59. The normalized spacial score (nSPS) is 9.66. The molecule has 0 aliphatic rings. The van der Waals surface area contributed by atoms with E-state index in [2.05, 4.69) is 0 Å². The smallest absolute Gasteiger partial charge is 0.311 e. The van der Waals surface area contributed by atoms with E-state index in [9.17, 15) is 43.8 Å². The number of ketones is 2. The van der Waals surface area contributed by atoms with Crippen LogP contribution in [-0.2, 0) is 0 Å². The third kappa shape index (κ3) is 11.9. The Kier molecular flexibility index (Phi) is 15.6. The third-order valence-electron chi connectivity index (χ3n) is 6.33. The Bertz CT molecular complexity index is 1890. The van der Waals surface area contributed by atoms with Gasteiger partial charge in [-0.15, -0.1) is 0 Å². The molecule has 0 radical (unpaired) electrons. The van der Waals surface area contributed by atoms with Crippen molar-refractivity contribution in [1.29, 1.82) is 0 Å². The molecule has 50 heavy (non-hydrogen) atoms. The SMILES string of the molecule is C.CC(=O)c1ccc([N+](=O)[O-])c(F)c1.CC(=O)c1ccc([N+](=O)[O-])c(Oc2cccc(C(=O)N(C)C)c2)c1.CN(C)C(=O)c1cccc(O)c1. The molecule has 0 bridgehead atoms. The van der Waals surface area contributed by atoms with Crippen LogP contribution in [0.15, 0.2) is 84.9 Å². The van der Waals surface area contributed by atoms with Crippen LogP contribution in [-0.4, -0.2) is 76.3 Å². The summed E-state index contributed by atoms with van der Waals surface area (Å²) >= 11 is 0. The van der Waals surface area contributed by atoms with Gasteiger partial charge in [-0.25, -0.2) is 0 Å². The number of amides is 2. The van der Waals surface area contributed by atoms with Gasteiger partial charge in [0, 0.05) is 62.6 Å². The first-order chi connectivity index (χ1) is 22.9. The molecule has 0 heterocycles. The zero-order valence-corrected chi connectivity index (χ0v) is 27.4. The fraction of sp³-hybridized carbons (Fsp3) is 0.200. The van der Waals surface area contributed by atoms with E-state index in [1.54, 1.807) is 58.5 Å². The topological polar surface area (TPSA) is 190 Å². The second kappa shape index (κ2) is 18.7. The molecule has 0 aliphatic carbocycles. The zero-order valence-electron chi connectivity index (χ0n) is 27.4. The molecule has 0 fully saturated rings. The molecule has 15 heteroatoms. The molecule has 0 saturated heterocycles. The number of phenols is 1. The highest BCUT2D eigenvalue weighted by Crippen LogP contribution is 2.33. The number of nitro benzene ring substituents is 2. The molecule has 2 amide bonds. The Morgan fingerprint density at radius 3 is 1.56 bits per heavy atom. The molecule has 0 unspecified atom stereocenters. The second-order valence-corrected chi connectivity index (χ2v) is 10.6. The van der Waals surface area contributed by atoms with E-state index in [-0.39, 0.29) is 59.3 Å². The van der Waals surface area contributed by atoms with Gasteiger partial charge in [-0.2, -0.15) is 4.39 Å². The van der Waals surface area contributed by atoms with Gasteiger partial charge in [-0.1, -0.05) is 19.6 Å². The van der Waals surface area contributed by atoms with Crippen LogP contribution in [0.5, 0.6) is 17.2 Å². The van der Waals surface area contributed by atoms with Crippen molar-refractivity contribution in [3.05, 3.63) is 133 Å². The Balaban J connectivity index is 0.000000407. The van der Waals surface area contributed by atoms with Crippen LogP contribution < -0.4 is 4.74 Å². The summed E-state index contributed by atoms with van der Waals surface area (Å²) in [4.78, 5) is 68.3. The number of phenolic OH excluding ortho intramolecular Hbond substituents is 1. The summed E-state index contributed by atoms with van der Waals surface area (Å²) in [6.45, 7) is 2.63. The van der Waals surface area contributed by atoms with Crippen molar-refractivity contribution in [1.82, 2.24) is 9.80 Å². The summed E-state index contributed by atoms with van der Waals surface area (Å²) in [6, 6.07) is 19.6. The van der Waals surface area contributed by atoms with Gasteiger partial charge < -0.3 is 19.6 Å². The highest BCUT2D eigenvalue weighted by Gasteiger charge is 2.19. The summed E-state index contributed by atoms with van der Waals surface area (Å²) in [5.41, 5.74) is 0.441. The van der Waals surface area contributed by atoms with Crippen molar-refractivity contribution in [3.63, 3.8) is 0 Å².